The van der Waals surface area contributed by atoms with Gasteiger partial charge < -0.3 is 10.2 Å². The second-order valence-electron chi connectivity index (χ2n) is 5.95. The first-order chi connectivity index (χ1) is 9.58. The van der Waals surface area contributed by atoms with Crippen molar-refractivity contribution < 1.29 is 10.2 Å². The number of benzene rings is 2. The fraction of sp³-hybridized carbons (Fsp3) is 0.333. The van der Waals surface area contributed by atoms with Crippen molar-refractivity contribution in [2.24, 2.45) is 11.8 Å². The number of aromatic hydroxyl groups is 2. The Bertz CT molecular complexity index is 530. The summed E-state index contributed by atoms with van der Waals surface area (Å²) in [5.41, 5.74) is 2.57. The van der Waals surface area contributed by atoms with Gasteiger partial charge in [-0.25, -0.2) is 0 Å². The van der Waals surface area contributed by atoms with Crippen LogP contribution in [0.1, 0.15) is 36.8 Å². The lowest BCUT2D eigenvalue weighted by Crippen LogP contribution is -2.39. The third kappa shape index (κ3) is 2.05. The summed E-state index contributed by atoms with van der Waals surface area (Å²) in [6.07, 6.45) is 0. The van der Waals surface area contributed by atoms with E-state index in [-0.39, 0.29) is 0 Å². The molecular formula is C18H20O2. The largest absolute Gasteiger partial charge is 0.508 e. The molecule has 4 atom stereocenters. The molecule has 1 fully saturated rings. The number of hydrogen-bond acceptors (Lipinski definition) is 2. The maximum Gasteiger partial charge on any atom is 0.115 e. The number of phenols is 2. The fourth-order valence-corrected chi connectivity index (χ4v) is 3.58. The SMILES string of the molecule is C[C@@H]1[C@@H](C)[C@H](c2ccc(O)cc2)[C@H]1c1ccc(O)cc1. The van der Waals surface area contributed by atoms with Crippen LogP contribution < -0.4 is 0 Å². The highest BCUT2D eigenvalue weighted by Gasteiger charge is 2.46. The molecule has 104 valence electrons. The Labute approximate surface area is 119 Å². The first-order valence-corrected chi connectivity index (χ1v) is 7.16. The van der Waals surface area contributed by atoms with Crippen molar-refractivity contribution >= 4 is 0 Å². The van der Waals surface area contributed by atoms with Crippen molar-refractivity contribution in [2.75, 3.05) is 0 Å². The highest BCUT2D eigenvalue weighted by Crippen LogP contribution is 2.57. The minimum atomic E-state index is 0.315. The molecule has 0 amide bonds. The maximum absolute atomic E-state index is 9.43. The van der Waals surface area contributed by atoms with Crippen LogP contribution in [0.3, 0.4) is 0 Å². The van der Waals surface area contributed by atoms with Crippen LogP contribution in [0.15, 0.2) is 48.5 Å². The number of hydrogen-bond donors (Lipinski definition) is 2. The van der Waals surface area contributed by atoms with Gasteiger partial charge >= 0.3 is 0 Å². The van der Waals surface area contributed by atoms with Crippen molar-refractivity contribution in [1.29, 1.82) is 0 Å². The normalized spacial score (nSPS) is 28.9. The van der Waals surface area contributed by atoms with Crippen molar-refractivity contribution in [3.8, 4) is 11.5 Å². The van der Waals surface area contributed by atoms with Gasteiger partial charge in [0, 0.05) is 0 Å². The Balaban J connectivity index is 1.93. The molecule has 1 saturated carbocycles. The Morgan fingerprint density at radius 3 is 1.20 bits per heavy atom. The van der Waals surface area contributed by atoms with E-state index < -0.39 is 0 Å². The van der Waals surface area contributed by atoms with Gasteiger partial charge in [-0.15, -0.1) is 0 Å². The molecule has 0 radical (unpaired) electrons. The monoisotopic (exact) mass is 268 g/mol. The lowest BCUT2D eigenvalue weighted by Gasteiger charge is -2.50. The quantitative estimate of drug-likeness (QED) is 0.854. The third-order valence-electron chi connectivity index (χ3n) is 4.91. The summed E-state index contributed by atoms with van der Waals surface area (Å²) in [7, 11) is 0. The zero-order valence-electron chi connectivity index (χ0n) is 11.8. The summed E-state index contributed by atoms with van der Waals surface area (Å²) in [4.78, 5) is 0. The Morgan fingerprint density at radius 2 is 0.900 bits per heavy atom. The summed E-state index contributed by atoms with van der Waals surface area (Å²) in [5, 5.41) is 18.9. The van der Waals surface area contributed by atoms with Crippen LogP contribution in [-0.2, 0) is 0 Å². The first kappa shape index (κ1) is 13.0. The van der Waals surface area contributed by atoms with Gasteiger partial charge in [0.05, 0.1) is 0 Å². The van der Waals surface area contributed by atoms with Gasteiger partial charge in [0.1, 0.15) is 11.5 Å². The average molecular weight is 268 g/mol. The lowest BCUT2D eigenvalue weighted by molar-refractivity contribution is 0.122. The van der Waals surface area contributed by atoms with E-state index in [4.69, 9.17) is 0 Å². The second kappa shape index (κ2) is 4.86. The zero-order chi connectivity index (χ0) is 14.3. The molecular weight excluding hydrogens is 248 g/mol. The highest BCUT2D eigenvalue weighted by molar-refractivity contribution is 5.38. The Hall–Kier alpha value is -1.96. The molecule has 20 heavy (non-hydrogen) atoms. The van der Waals surface area contributed by atoms with E-state index in [0.717, 1.165) is 0 Å². The molecule has 0 aliphatic heterocycles. The average Bonchev–Trinajstić information content (AvgIpc) is 2.46. The Kier molecular flexibility index (Phi) is 3.17. The molecule has 2 heteroatoms. The van der Waals surface area contributed by atoms with Gasteiger partial charge in [-0.1, -0.05) is 38.1 Å². The van der Waals surface area contributed by atoms with Crippen molar-refractivity contribution in [1.82, 2.24) is 0 Å². The summed E-state index contributed by atoms with van der Waals surface area (Å²) in [6, 6.07) is 15.1. The first-order valence-electron chi connectivity index (χ1n) is 7.16. The minimum absolute atomic E-state index is 0.315. The van der Waals surface area contributed by atoms with Crippen LogP contribution in [-0.4, -0.2) is 10.2 Å². The van der Waals surface area contributed by atoms with Gasteiger partial charge in [0.15, 0.2) is 0 Å². The van der Waals surface area contributed by atoms with Crippen LogP contribution in [0, 0.1) is 11.8 Å². The molecule has 0 saturated heterocycles. The molecule has 0 aromatic heterocycles. The van der Waals surface area contributed by atoms with E-state index in [1.54, 1.807) is 24.3 Å². The minimum Gasteiger partial charge on any atom is -0.508 e. The molecule has 2 nitrogen and oxygen atoms in total. The molecule has 2 aromatic rings. The van der Waals surface area contributed by atoms with Crippen molar-refractivity contribution in [3.63, 3.8) is 0 Å². The molecule has 3 rings (SSSR count). The molecule has 1 aliphatic carbocycles. The Morgan fingerprint density at radius 1 is 0.600 bits per heavy atom. The third-order valence-corrected chi connectivity index (χ3v) is 4.91. The zero-order valence-corrected chi connectivity index (χ0v) is 11.8. The smallest absolute Gasteiger partial charge is 0.115 e. The molecule has 0 heterocycles. The summed E-state index contributed by atoms with van der Waals surface area (Å²) in [5.74, 6) is 2.84. The number of phenolic OH excluding ortho intramolecular Hbond substituents is 2. The van der Waals surface area contributed by atoms with E-state index in [9.17, 15) is 10.2 Å². The molecule has 0 spiro atoms. The van der Waals surface area contributed by atoms with Crippen LogP contribution in [0.5, 0.6) is 11.5 Å². The molecule has 2 aromatic carbocycles. The van der Waals surface area contributed by atoms with Gasteiger partial charge in [-0.05, 0) is 59.1 Å². The summed E-state index contributed by atoms with van der Waals surface area (Å²) >= 11 is 0. The topological polar surface area (TPSA) is 40.5 Å². The lowest BCUT2D eigenvalue weighted by atomic mass is 9.54. The van der Waals surface area contributed by atoms with Crippen LogP contribution in [0.25, 0.3) is 0 Å². The second-order valence-corrected chi connectivity index (χ2v) is 5.95. The maximum atomic E-state index is 9.43. The molecule has 0 unspecified atom stereocenters. The van der Waals surface area contributed by atoms with Gasteiger partial charge in [-0.2, -0.15) is 0 Å². The van der Waals surface area contributed by atoms with Crippen LogP contribution in [0.4, 0.5) is 0 Å². The van der Waals surface area contributed by atoms with Gasteiger partial charge in [0.25, 0.3) is 0 Å². The van der Waals surface area contributed by atoms with E-state index >= 15 is 0 Å². The predicted molar refractivity (Wildman–Crippen MR) is 80.0 cm³/mol. The van der Waals surface area contributed by atoms with Gasteiger partial charge in [0.2, 0.25) is 0 Å². The van der Waals surface area contributed by atoms with Gasteiger partial charge in [-0.3, -0.25) is 0 Å². The van der Waals surface area contributed by atoms with Crippen molar-refractivity contribution in [2.45, 2.75) is 25.7 Å². The van der Waals surface area contributed by atoms with E-state index in [1.807, 2.05) is 24.3 Å². The van der Waals surface area contributed by atoms with Crippen LogP contribution in [0.2, 0.25) is 0 Å². The highest BCUT2D eigenvalue weighted by atomic mass is 16.3. The molecule has 0 bridgehead atoms. The summed E-state index contributed by atoms with van der Waals surface area (Å²) in [6.45, 7) is 4.58. The molecule has 2 N–H and O–H groups in total. The van der Waals surface area contributed by atoms with Crippen LogP contribution >= 0.6 is 0 Å². The summed E-state index contributed by atoms with van der Waals surface area (Å²) < 4.78 is 0. The molecule has 1 aliphatic rings. The predicted octanol–water partition coefficient (Wildman–Crippen LogP) is 4.25. The van der Waals surface area contributed by atoms with E-state index in [0.29, 0.717) is 35.2 Å². The fourth-order valence-electron chi connectivity index (χ4n) is 3.58. The number of rotatable bonds is 2. The van der Waals surface area contributed by atoms with E-state index in [2.05, 4.69) is 13.8 Å². The van der Waals surface area contributed by atoms with E-state index in [1.165, 1.54) is 11.1 Å². The standard InChI is InChI=1S/C18H20O2/c1-11-12(2)18(14-5-9-16(20)10-6-14)17(11)13-3-7-15(19)8-4-13/h3-12,17-20H,1-2H3/t11-,12-,17-,18-/m1/s1. The van der Waals surface area contributed by atoms with Crippen molar-refractivity contribution in [3.05, 3.63) is 59.7 Å².